The average molecular weight is 366 g/mol. The molecule has 0 radical (unpaired) electrons. The van der Waals surface area contributed by atoms with E-state index in [2.05, 4.69) is 26.0 Å². The van der Waals surface area contributed by atoms with Gasteiger partial charge in [-0.3, -0.25) is 14.4 Å². The lowest BCUT2D eigenvalue weighted by molar-refractivity contribution is -0.172. The number of fused-ring (bicyclic) bond motifs is 2. The Kier molecular flexibility index (Phi) is 2.69. The molecular weight excluding hydrogens is 340 g/mol. The summed E-state index contributed by atoms with van der Waals surface area (Å²) in [7, 11) is 0. The van der Waals surface area contributed by atoms with E-state index in [1.165, 1.54) is 5.57 Å². The third-order valence-electron chi connectivity index (χ3n) is 9.58. The molecule has 0 N–H and O–H groups in total. The minimum atomic E-state index is -0.659. The van der Waals surface area contributed by atoms with Crippen LogP contribution in [0.2, 0.25) is 0 Å². The van der Waals surface area contributed by atoms with E-state index in [9.17, 15) is 14.4 Å². The summed E-state index contributed by atoms with van der Waals surface area (Å²) in [5.74, 6) is 0.0574. The number of Topliss-reactive ketones (excluding diaryl/α,β-unsaturated/α-hetero) is 2. The molecule has 142 valence electrons. The van der Waals surface area contributed by atoms with Crippen LogP contribution in [-0.2, 0) is 19.1 Å². The average Bonchev–Trinajstić information content (AvgIpc) is 3.16. The molecule has 6 aliphatic rings. The highest BCUT2D eigenvalue weighted by atomic mass is 16.6. The summed E-state index contributed by atoms with van der Waals surface area (Å²) in [6.45, 7) is 4.49. The molecule has 5 aliphatic carbocycles. The van der Waals surface area contributed by atoms with Crippen molar-refractivity contribution >= 4 is 17.5 Å². The molecule has 1 saturated heterocycles. The molecule has 2 spiro atoms. The summed E-state index contributed by atoms with van der Waals surface area (Å²) in [5, 5.41) is 0. The Morgan fingerprint density at radius 2 is 1.85 bits per heavy atom. The summed E-state index contributed by atoms with van der Waals surface area (Å²) in [6.07, 6.45) is 10.2. The molecule has 6 rings (SSSR count). The van der Waals surface area contributed by atoms with Gasteiger partial charge in [-0.2, -0.15) is 0 Å². The van der Waals surface area contributed by atoms with Gasteiger partial charge >= 0.3 is 5.97 Å². The highest BCUT2D eigenvalue weighted by molar-refractivity contribution is 5.94. The van der Waals surface area contributed by atoms with Gasteiger partial charge in [-0.15, -0.1) is 0 Å². The maximum absolute atomic E-state index is 13.3. The van der Waals surface area contributed by atoms with Crippen molar-refractivity contribution in [3.63, 3.8) is 0 Å². The molecular formula is C23H26O4. The van der Waals surface area contributed by atoms with Crippen molar-refractivity contribution in [1.29, 1.82) is 0 Å². The van der Waals surface area contributed by atoms with Crippen LogP contribution in [0.3, 0.4) is 0 Å². The number of carbonyl (C=O) groups excluding carboxylic acids is 3. The molecule has 1 aliphatic heterocycles. The van der Waals surface area contributed by atoms with Gasteiger partial charge in [0.05, 0.1) is 11.3 Å². The predicted octanol–water partition coefficient (Wildman–Crippen LogP) is 3.69. The lowest BCUT2D eigenvalue weighted by atomic mass is 9.47. The van der Waals surface area contributed by atoms with Crippen LogP contribution in [-0.4, -0.2) is 23.1 Å². The minimum absolute atomic E-state index is 0.0235. The van der Waals surface area contributed by atoms with Gasteiger partial charge in [-0.1, -0.05) is 37.1 Å². The number of rotatable bonds is 0. The number of ketones is 2. The van der Waals surface area contributed by atoms with E-state index in [4.69, 9.17) is 4.74 Å². The Hall–Kier alpha value is -1.71. The van der Waals surface area contributed by atoms with Crippen LogP contribution in [0.1, 0.15) is 65.2 Å². The van der Waals surface area contributed by atoms with Crippen molar-refractivity contribution in [1.82, 2.24) is 0 Å². The maximum atomic E-state index is 13.3. The molecule has 1 heterocycles. The Balaban J connectivity index is 1.61. The number of carbonyl (C=O) groups is 3. The second-order valence-electron chi connectivity index (χ2n) is 10.3. The van der Waals surface area contributed by atoms with Gasteiger partial charge in [-0.05, 0) is 37.5 Å². The molecule has 4 fully saturated rings. The highest BCUT2D eigenvalue weighted by Crippen LogP contribution is 2.76. The molecule has 0 aromatic rings. The predicted molar refractivity (Wildman–Crippen MR) is 97.6 cm³/mol. The van der Waals surface area contributed by atoms with Crippen LogP contribution in [0.5, 0.6) is 0 Å². The number of hydrogen-bond acceptors (Lipinski definition) is 4. The molecule has 0 amide bonds. The highest BCUT2D eigenvalue weighted by Gasteiger charge is 2.80. The molecule has 4 heteroatoms. The SMILES string of the molecule is C[C@]12CCC(=O)CC1=C[C@H]1C(=O)O[C@@]34CC[C@@]5(C)CCC(=O)[C@]53CC=C2C14. The van der Waals surface area contributed by atoms with Gasteiger partial charge < -0.3 is 4.74 Å². The quantitative estimate of drug-likeness (QED) is 0.484. The standard InChI is InChI=1S/C23H26O4/c1-20-6-5-17(25)22(20)8-4-16-18-15(19(26)27-23(18,22)10-9-20)12-13-11-14(24)3-7-21(13,16)2/h4,12,15,18H,3,5-11H2,1-2H3/t15-,18?,20-,21+,22-,23-/m1/s1. The summed E-state index contributed by atoms with van der Waals surface area (Å²) >= 11 is 0. The Morgan fingerprint density at radius 3 is 2.67 bits per heavy atom. The zero-order valence-electron chi connectivity index (χ0n) is 16.1. The molecule has 0 aromatic carbocycles. The van der Waals surface area contributed by atoms with Crippen LogP contribution >= 0.6 is 0 Å². The molecule has 3 saturated carbocycles. The van der Waals surface area contributed by atoms with Gasteiger partial charge in [0.1, 0.15) is 17.2 Å². The fourth-order valence-corrected chi connectivity index (χ4v) is 8.14. The molecule has 27 heavy (non-hydrogen) atoms. The fraction of sp³-hybridized carbons (Fsp3) is 0.696. The Labute approximate surface area is 159 Å². The zero-order chi connectivity index (χ0) is 18.8. The Bertz CT molecular complexity index is 896. The van der Waals surface area contributed by atoms with Crippen molar-refractivity contribution in [3.05, 3.63) is 23.3 Å². The van der Waals surface area contributed by atoms with E-state index in [-0.39, 0.29) is 34.4 Å². The fourth-order valence-electron chi connectivity index (χ4n) is 8.14. The van der Waals surface area contributed by atoms with Crippen LogP contribution in [0.4, 0.5) is 0 Å². The van der Waals surface area contributed by atoms with Gasteiger partial charge in [0, 0.05) is 30.6 Å². The third-order valence-corrected chi connectivity index (χ3v) is 9.58. The van der Waals surface area contributed by atoms with Crippen molar-refractivity contribution in [2.45, 2.75) is 70.8 Å². The van der Waals surface area contributed by atoms with Gasteiger partial charge in [0.25, 0.3) is 0 Å². The number of ether oxygens (including phenoxy) is 1. The monoisotopic (exact) mass is 366 g/mol. The summed E-state index contributed by atoms with van der Waals surface area (Å²) in [6, 6.07) is 0. The van der Waals surface area contributed by atoms with Crippen molar-refractivity contribution in [3.8, 4) is 0 Å². The summed E-state index contributed by atoms with van der Waals surface area (Å²) < 4.78 is 6.28. The van der Waals surface area contributed by atoms with E-state index in [0.29, 0.717) is 31.5 Å². The van der Waals surface area contributed by atoms with Crippen LogP contribution in [0, 0.1) is 28.1 Å². The zero-order valence-corrected chi connectivity index (χ0v) is 16.1. The smallest absolute Gasteiger partial charge is 0.314 e. The van der Waals surface area contributed by atoms with E-state index < -0.39 is 11.0 Å². The second-order valence-corrected chi connectivity index (χ2v) is 10.3. The topological polar surface area (TPSA) is 60.4 Å². The van der Waals surface area contributed by atoms with E-state index >= 15 is 0 Å². The number of esters is 1. The van der Waals surface area contributed by atoms with E-state index in [1.807, 2.05) is 0 Å². The van der Waals surface area contributed by atoms with Crippen LogP contribution in [0.25, 0.3) is 0 Å². The molecule has 6 atom stereocenters. The third kappa shape index (κ3) is 1.48. The van der Waals surface area contributed by atoms with E-state index in [1.54, 1.807) is 0 Å². The summed E-state index contributed by atoms with van der Waals surface area (Å²) in [5.41, 5.74) is 0.985. The molecule has 0 bridgehead atoms. The van der Waals surface area contributed by atoms with Gasteiger partial charge in [-0.25, -0.2) is 0 Å². The van der Waals surface area contributed by atoms with Gasteiger partial charge in [0.15, 0.2) is 0 Å². The summed E-state index contributed by atoms with van der Waals surface area (Å²) in [4.78, 5) is 38.5. The van der Waals surface area contributed by atoms with Crippen LogP contribution in [0.15, 0.2) is 23.3 Å². The number of allylic oxidation sites excluding steroid dienone is 2. The normalized spacial score (nSPS) is 52.4. The largest absolute Gasteiger partial charge is 0.457 e. The second kappa shape index (κ2) is 4.47. The van der Waals surface area contributed by atoms with Crippen LogP contribution < -0.4 is 0 Å². The lowest BCUT2D eigenvalue weighted by Gasteiger charge is -2.56. The first-order chi connectivity index (χ1) is 12.8. The molecule has 4 nitrogen and oxygen atoms in total. The molecule has 1 unspecified atom stereocenters. The first kappa shape index (κ1) is 16.3. The Morgan fingerprint density at radius 1 is 1.04 bits per heavy atom. The van der Waals surface area contributed by atoms with Gasteiger partial charge in [0.2, 0.25) is 0 Å². The lowest BCUT2D eigenvalue weighted by Crippen LogP contribution is -2.60. The van der Waals surface area contributed by atoms with Crippen molar-refractivity contribution < 1.29 is 19.1 Å². The van der Waals surface area contributed by atoms with E-state index in [0.717, 1.165) is 31.3 Å². The van der Waals surface area contributed by atoms with Crippen molar-refractivity contribution in [2.24, 2.45) is 28.1 Å². The maximum Gasteiger partial charge on any atom is 0.314 e. The minimum Gasteiger partial charge on any atom is -0.457 e. The number of hydrogen-bond donors (Lipinski definition) is 0. The van der Waals surface area contributed by atoms with Crippen molar-refractivity contribution in [2.75, 3.05) is 0 Å². The first-order valence-electron chi connectivity index (χ1n) is 10.5. The first-order valence-corrected chi connectivity index (χ1v) is 10.5. The molecule has 0 aromatic heterocycles.